The number of benzene rings is 2. The minimum atomic E-state index is -0.183. The van der Waals surface area contributed by atoms with E-state index in [1.165, 1.54) is 17.2 Å². The van der Waals surface area contributed by atoms with Gasteiger partial charge in [0.05, 0.1) is 0 Å². The summed E-state index contributed by atoms with van der Waals surface area (Å²) in [5.41, 5.74) is 10.3. The van der Waals surface area contributed by atoms with Gasteiger partial charge in [-0.05, 0) is 37.5 Å². The maximum absolute atomic E-state index is 13.6. The summed E-state index contributed by atoms with van der Waals surface area (Å²) < 4.78 is 13.6. The van der Waals surface area contributed by atoms with Crippen molar-refractivity contribution in [2.45, 2.75) is 26.3 Å². The number of rotatable bonds is 3. The fourth-order valence-electron chi connectivity index (χ4n) is 2.24. The van der Waals surface area contributed by atoms with Crippen molar-refractivity contribution in [1.29, 1.82) is 0 Å². The van der Waals surface area contributed by atoms with Gasteiger partial charge in [-0.1, -0.05) is 47.5 Å². The maximum Gasteiger partial charge on any atom is 0.126 e. The van der Waals surface area contributed by atoms with Gasteiger partial charge < -0.3 is 5.73 Å². The molecule has 0 radical (unpaired) electrons. The molecular weight excluding hydrogens is 225 g/mol. The molecule has 0 saturated heterocycles. The average Bonchev–Trinajstić information content (AvgIpc) is 2.31. The second kappa shape index (κ2) is 5.32. The molecule has 1 atom stereocenters. The Morgan fingerprint density at radius 2 is 1.67 bits per heavy atom. The normalized spacial score (nSPS) is 12.4. The summed E-state index contributed by atoms with van der Waals surface area (Å²) in [6.07, 6.45) is 0.523. The van der Waals surface area contributed by atoms with Gasteiger partial charge in [0, 0.05) is 6.04 Å². The highest BCUT2D eigenvalue weighted by molar-refractivity contribution is 5.32. The van der Waals surface area contributed by atoms with Gasteiger partial charge in [0.1, 0.15) is 5.82 Å². The van der Waals surface area contributed by atoms with E-state index in [0.29, 0.717) is 12.0 Å². The molecule has 0 spiro atoms. The van der Waals surface area contributed by atoms with Gasteiger partial charge >= 0.3 is 0 Å². The van der Waals surface area contributed by atoms with Crippen LogP contribution in [0.2, 0.25) is 0 Å². The Balaban J connectivity index is 2.22. The van der Waals surface area contributed by atoms with Crippen LogP contribution in [0.1, 0.15) is 28.3 Å². The third kappa shape index (κ3) is 2.96. The summed E-state index contributed by atoms with van der Waals surface area (Å²) in [6.45, 7) is 4.10. The summed E-state index contributed by atoms with van der Waals surface area (Å²) in [5.74, 6) is -0.183. The Bertz CT molecular complexity index is 528. The SMILES string of the molecule is Cc1cc(C)cc(C(N)Cc2ccccc2F)c1. The van der Waals surface area contributed by atoms with Crippen LogP contribution >= 0.6 is 0 Å². The Morgan fingerprint density at radius 1 is 1.06 bits per heavy atom. The molecule has 2 heteroatoms. The molecule has 18 heavy (non-hydrogen) atoms. The van der Waals surface area contributed by atoms with Crippen LogP contribution in [0.25, 0.3) is 0 Å². The zero-order valence-electron chi connectivity index (χ0n) is 10.8. The van der Waals surface area contributed by atoms with Crippen LogP contribution in [0.4, 0.5) is 4.39 Å². The van der Waals surface area contributed by atoms with E-state index in [2.05, 4.69) is 18.2 Å². The highest BCUT2D eigenvalue weighted by Crippen LogP contribution is 2.20. The van der Waals surface area contributed by atoms with Gasteiger partial charge in [-0.15, -0.1) is 0 Å². The van der Waals surface area contributed by atoms with Crippen molar-refractivity contribution in [3.63, 3.8) is 0 Å². The van der Waals surface area contributed by atoms with Crippen LogP contribution in [-0.2, 0) is 6.42 Å². The fourth-order valence-corrected chi connectivity index (χ4v) is 2.24. The molecule has 94 valence electrons. The Kier molecular flexibility index (Phi) is 3.78. The van der Waals surface area contributed by atoms with Crippen molar-refractivity contribution in [2.24, 2.45) is 5.73 Å². The molecule has 0 amide bonds. The van der Waals surface area contributed by atoms with E-state index >= 15 is 0 Å². The lowest BCUT2D eigenvalue weighted by Crippen LogP contribution is -2.14. The fraction of sp³-hybridized carbons (Fsp3) is 0.250. The molecule has 0 aliphatic heterocycles. The highest BCUT2D eigenvalue weighted by Gasteiger charge is 2.10. The first kappa shape index (κ1) is 12.8. The van der Waals surface area contributed by atoms with Crippen LogP contribution in [0.3, 0.4) is 0 Å². The second-order valence-corrected chi connectivity index (χ2v) is 4.82. The van der Waals surface area contributed by atoms with Gasteiger partial charge in [0.25, 0.3) is 0 Å². The lowest BCUT2D eigenvalue weighted by molar-refractivity contribution is 0.593. The van der Waals surface area contributed by atoms with Gasteiger partial charge in [0.2, 0.25) is 0 Å². The van der Waals surface area contributed by atoms with Crippen molar-refractivity contribution in [3.8, 4) is 0 Å². The third-order valence-electron chi connectivity index (χ3n) is 3.07. The van der Waals surface area contributed by atoms with Gasteiger partial charge in [-0.25, -0.2) is 4.39 Å². The standard InChI is InChI=1S/C16H18FN/c1-11-7-12(2)9-14(8-11)16(18)10-13-5-3-4-6-15(13)17/h3-9,16H,10,18H2,1-2H3. The molecule has 0 saturated carbocycles. The molecular formula is C16H18FN. The summed E-state index contributed by atoms with van der Waals surface area (Å²) in [5, 5.41) is 0. The molecule has 0 heterocycles. The average molecular weight is 243 g/mol. The molecule has 1 nitrogen and oxygen atoms in total. The maximum atomic E-state index is 13.6. The molecule has 0 bridgehead atoms. The van der Waals surface area contributed by atoms with Crippen LogP contribution in [0.15, 0.2) is 42.5 Å². The van der Waals surface area contributed by atoms with Crippen molar-refractivity contribution < 1.29 is 4.39 Å². The van der Waals surface area contributed by atoms with Crippen molar-refractivity contribution >= 4 is 0 Å². The van der Waals surface area contributed by atoms with Gasteiger partial charge in [0.15, 0.2) is 0 Å². The Hall–Kier alpha value is -1.67. The van der Waals surface area contributed by atoms with Gasteiger partial charge in [-0.3, -0.25) is 0 Å². The smallest absolute Gasteiger partial charge is 0.126 e. The minimum absolute atomic E-state index is 0.166. The predicted molar refractivity (Wildman–Crippen MR) is 72.9 cm³/mol. The zero-order chi connectivity index (χ0) is 13.1. The topological polar surface area (TPSA) is 26.0 Å². The summed E-state index contributed by atoms with van der Waals surface area (Å²) in [6, 6.07) is 12.9. The van der Waals surface area contributed by atoms with Crippen LogP contribution in [0, 0.1) is 19.7 Å². The zero-order valence-corrected chi connectivity index (χ0v) is 10.8. The highest BCUT2D eigenvalue weighted by atomic mass is 19.1. The molecule has 0 fully saturated rings. The number of aryl methyl sites for hydroxylation is 2. The molecule has 2 aromatic carbocycles. The second-order valence-electron chi connectivity index (χ2n) is 4.82. The third-order valence-corrected chi connectivity index (χ3v) is 3.07. The quantitative estimate of drug-likeness (QED) is 0.874. The number of hydrogen-bond acceptors (Lipinski definition) is 1. The van der Waals surface area contributed by atoms with E-state index in [0.717, 1.165) is 5.56 Å². The van der Waals surface area contributed by atoms with Crippen molar-refractivity contribution in [2.75, 3.05) is 0 Å². The molecule has 0 aliphatic carbocycles. The van der Waals surface area contributed by atoms with E-state index < -0.39 is 0 Å². The van der Waals surface area contributed by atoms with Gasteiger partial charge in [-0.2, -0.15) is 0 Å². The first-order valence-corrected chi connectivity index (χ1v) is 6.13. The Morgan fingerprint density at radius 3 is 2.28 bits per heavy atom. The van der Waals surface area contributed by atoms with E-state index in [-0.39, 0.29) is 11.9 Å². The van der Waals surface area contributed by atoms with E-state index in [9.17, 15) is 4.39 Å². The molecule has 2 aromatic rings. The van der Waals surface area contributed by atoms with E-state index in [4.69, 9.17) is 5.73 Å². The largest absolute Gasteiger partial charge is 0.324 e. The van der Waals surface area contributed by atoms with Crippen LogP contribution in [0.5, 0.6) is 0 Å². The van der Waals surface area contributed by atoms with E-state index in [1.54, 1.807) is 12.1 Å². The summed E-state index contributed by atoms with van der Waals surface area (Å²) >= 11 is 0. The van der Waals surface area contributed by atoms with Crippen molar-refractivity contribution in [1.82, 2.24) is 0 Å². The Labute approximate surface area is 107 Å². The van der Waals surface area contributed by atoms with Crippen LogP contribution < -0.4 is 5.73 Å². The summed E-state index contributed by atoms with van der Waals surface area (Å²) in [7, 11) is 0. The molecule has 0 aromatic heterocycles. The van der Waals surface area contributed by atoms with Crippen LogP contribution in [-0.4, -0.2) is 0 Å². The summed E-state index contributed by atoms with van der Waals surface area (Å²) in [4.78, 5) is 0. The van der Waals surface area contributed by atoms with E-state index in [1.807, 2.05) is 19.9 Å². The molecule has 1 unspecified atom stereocenters. The molecule has 0 aliphatic rings. The first-order chi connectivity index (χ1) is 8.56. The molecule has 2 rings (SSSR count). The lowest BCUT2D eigenvalue weighted by atomic mass is 9.96. The number of nitrogens with two attached hydrogens (primary N) is 1. The monoisotopic (exact) mass is 243 g/mol. The minimum Gasteiger partial charge on any atom is -0.324 e. The number of hydrogen-bond donors (Lipinski definition) is 1. The molecule has 2 N–H and O–H groups in total. The first-order valence-electron chi connectivity index (χ1n) is 6.13. The van der Waals surface area contributed by atoms with Crippen molar-refractivity contribution in [3.05, 3.63) is 70.5 Å². The predicted octanol–water partition coefficient (Wildman–Crippen LogP) is 3.69. The lowest BCUT2D eigenvalue weighted by Gasteiger charge is -2.14. The number of halogens is 1.